The lowest BCUT2D eigenvalue weighted by atomic mass is 10.0. The highest BCUT2D eigenvalue weighted by Gasteiger charge is 2.48. The van der Waals surface area contributed by atoms with E-state index in [1.54, 1.807) is 0 Å². The van der Waals surface area contributed by atoms with Gasteiger partial charge in [0.1, 0.15) is 0 Å². The van der Waals surface area contributed by atoms with Gasteiger partial charge in [0.2, 0.25) is 0 Å². The third kappa shape index (κ3) is 3.84. The fourth-order valence-electron chi connectivity index (χ4n) is 6.20. The molecule has 3 heteroatoms. The monoisotopic (exact) mass is 535 g/mol. The molecule has 0 amide bonds. The summed E-state index contributed by atoms with van der Waals surface area (Å²) in [6.07, 6.45) is 0. The first-order chi connectivity index (χ1) is 19.3. The Morgan fingerprint density at radius 1 is 0.410 bits per heavy atom. The van der Waals surface area contributed by atoms with E-state index in [-0.39, 0.29) is 0 Å². The van der Waals surface area contributed by atoms with Gasteiger partial charge in [0.15, 0.2) is 8.07 Å². The lowest BCUT2D eigenvalue weighted by Gasteiger charge is -2.32. The van der Waals surface area contributed by atoms with E-state index in [4.69, 9.17) is 11.6 Å². The van der Waals surface area contributed by atoms with Gasteiger partial charge in [-0.3, -0.25) is 0 Å². The number of rotatable bonds is 5. The molecule has 1 aliphatic rings. The molecule has 0 radical (unpaired) electrons. The highest BCUT2D eigenvalue weighted by atomic mass is 35.5. The van der Waals surface area contributed by atoms with Crippen LogP contribution in [0.3, 0.4) is 0 Å². The Bertz CT molecular complexity index is 1670. The van der Waals surface area contributed by atoms with Gasteiger partial charge in [-0.1, -0.05) is 121 Å². The van der Waals surface area contributed by atoms with Crippen molar-refractivity contribution in [2.45, 2.75) is 0 Å². The number of benzene rings is 6. The fourth-order valence-corrected chi connectivity index (χ4v) is 11.5. The minimum atomic E-state index is -2.54. The molecular weight excluding hydrogens is 510 g/mol. The molecule has 0 saturated carbocycles. The van der Waals surface area contributed by atoms with Crippen molar-refractivity contribution < 1.29 is 0 Å². The molecular formula is C36H26ClNSi. The summed E-state index contributed by atoms with van der Waals surface area (Å²) >= 11 is 6.67. The van der Waals surface area contributed by atoms with Crippen LogP contribution in [0.5, 0.6) is 0 Å². The lowest BCUT2D eigenvalue weighted by molar-refractivity contribution is 1.29. The van der Waals surface area contributed by atoms with Gasteiger partial charge in [0.05, 0.1) is 0 Å². The third-order valence-electron chi connectivity index (χ3n) is 7.78. The van der Waals surface area contributed by atoms with E-state index in [1.165, 1.54) is 31.9 Å². The van der Waals surface area contributed by atoms with E-state index >= 15 is 0 Å². The van der Waals surface area contributed by atoms with E-state index in [0.29, 0.717) is 0 Å². The van der Waals surface area contributed by atoms with Crippen molar-refractivity contribution in [2.24, 2.45) is 0 Å². The van der Waals surface area contributed by atoms with Crippen LogP contribution < -0.4 is 25.6 Å². The number of halogens is 1. The van der Waals surface area contributed by atoms with Crippen LogP contribution in [0.15, 0.2) is 158 Å². The topological polar surface area (TPSA) is 3.24 Å². The summed E-state index contributed by atoms with van der Waals surface area (Å²) < 4.78 is 0. The van der Waals surface area contributed by atoms with Gasteiger partial charge in [0, 0.05) is 22.1 Å². The number of hydrogen-bond donors (Lipinski definition) is 0. The van der Waals surface area contributed by atoms with Gasteiger partial charge in [-0.2, -0.15) is 0 Å². The number of nitrogens with zero attached hydrogens (tertiary/aromatic N) is 1. The zero-order valence-electron chi connectivity index (χ0n) is 21.3. The molecule has 6 aromatic carbocycles. The molecule has 6 aromatic rings. The Hall–Kier alpha value is -4.37. The summed E-state index contributed by atoms with van der Waals surface area (Å²) in [4.78, 5) is 2.33. The molecule has 0 saturated heterocycles. The molecule has 0 spiro atoms. The summed E-state index contributed by atoms with van der Waals surface area (Å²) in [6.45, 7) is 0. The summed E-state index contributed by atoms with van der Waals surface area (Å²) in [5, 5.41) is 6.33. The predicted octanol–water partition coefficient (Wildman–Crippen LogP) is 7.17. The van der Waals surface area contributed by atoms with Crippen molar-refractivity contribution in [1.29, 1.82) is 0 Å². The average Bonchev–Trinajstić information content (AvgIpc) is 3.29. The SMILES string of the molecule is Clc1ccc2c(c1)-c1cc(N(c3ccccc3)c3ccccc3)ccc1[Si]2(c1ccccc1)c1ccccc1. The Labute approximate surface area is 235 Å². The molecule has 0 N–H and O–H groups in total. The maximum Gasteiger partial charge on any atom is 0.180 e. The minimum Gasteiger partial charge on any atom is -0.310 e. The molecule has 186 valence electrons. The van der Waals surface area contributed by atoms with E-state index < -0.39 is 8.07 Å². The summed E-state index contributed by atoms with van der Waals surface area (Å²) in [7, 11) is -2.54. The van der Waals surface area contributed by atoms with Gasteiger partial charge in [0.25, 0.3) is 0 Å². The molecule has 1 aliphatic heterocycles. The summed E-state index contributed by atoms with van der Waals surface area (Å²) in [6, 6.07) is 56.8. The fraction of sp³-hybridized carbons (Fsp3) is 0. The number of para-hydroxylation sites is 2. The Morgan fingerprint density at radius 3 is 1.36 bits per heavy atom. The normalized spacial score (nSPS) is 12.9. The Morgan fingerprint density at radius 2 is 0.846 bits per heavy atom. The third-order valence-corrected chi connectivity index (χ3v) is 12.9. The van der Waals surface area contributed by atoms with E-state index in [1.807, 2.05) is 0 Å². The van der Waals surface area contributed by atoms with Crippen molar-refractivity contribution in [1.82, 2.24) is 0 Å². The molecule has 1 heterocycles. The second kappa shape index (κ2) is 9.74. The van der Waals surface area contributed by atoms with Crippen molar-refractivity contribution in [3.8, 4) is 11.1 Å². The summed E-state index contributed by atoms with van der Waals surface area (Å²) in [5.41, 5.74) is 5.88. The largest absolute Gasteiger partial charge is 0.310 e. The Kier molecular flexibility index (Phi) is 5.92. The van der Waals surface area contributed by atoms with Crippen LogP contribution in [0, 0.1) is 0 Å². The van der Waals surface area contributed by atoms with E-state index in [0.717, 1.165) is 22.1 Å². The second-order valence-electron chi connectivity index (χ2n) is 9.91. The first-order valence-electron chi connectivity index (χ1n) is 13.2. The highest BCUT2D eigenvalue weighted by molar-refractivity contribution is 7.22. The highest BCUT2D eigenvalue weighted by Crippen LogP contribution is 2.38. The van der Waals surface area contributed by atoms with Gasteiger partial charge in [-0.05, 0) is 80.4 Å². The average molecular weight is 536 g/mol. The number of hydrogen-bond acceptors (Lipinski definition) is 1. The van der Waals surface area contributed by atoms with Crippen LogP contribution in [0.4, 0.5) is 17.1 Å². The van der Waals surface area contributed by atoms with Gasteiger partial charge < -0.3 is 4.90 Å². The number of fused-ring (bicyclic) bond motifs is 3. The van der Waals surface area contributed by atoms with Crippen LogP contribution in [-0.2, 0) is 0 Å². The van der Waals surface area contributed by atoms with E-state index in [9.17, 15) is 0 Å². The van der Waals surface area contributed by atoms with Gasteiger partial charge in [-0.25, -0.2) is 0 Å². The van der Waals surface area contributed by atoms with Crippen LogP contribution in [0.25, 0.3) is 11.1 Å². The van der Waals surface area contributed by atoms with E-state index in [2.05, 4.69) is 163 Å². The molecule has 0 unspecified atom stereocenters. The minimum absolute atomic E-state index is 0.763. The van der Waals surface area contributed by atoms with Crippen LogP contribution in [-0.4, -0.2) is 8.07 Å². The summed E-state index contributed by atoms with van der Waals surface area (Å²) in [5.74, 6) is 0. The second-order valence-corrected chi connectivity index (χ2v) is 14.1. The zero-order chi connectivity index (χ0) is 26.2. The molecule has 7 rings (SSSR count). The van der Waals surface area contributed by atoms with Crippen LogP contribution >= 0.6 is 11.6 Å². The van der Waals surface area contributed by atoms with Crippen molar-refractivity contribution in [2.75, 3.05) is 4.90 Å². The molecule has 1 nitrogen and oxygen atoms in total. The first kappa shape index (κ1) is 23.7. The maximum absolute atomic E-state index is 6.67. The van der Waals surface area contributed by atoms with Crippen molar-refractivity contribution in [3.05, 3.63) is 163 Å². The standard InChI is InChI=1S/C36H26ClNSi/c37-27-21-23-35-33(25-27)34-26-30(38(28-13-5-1-6-14-28)29-15-7-2-8-16-29)22-24-36(34)39(35,31-17-9-3-10-18-31)32-19-11-4-12-20-32/h1-26H. The molecule has 0 aliphatic carbocycles. The lowest BCUT2D eigenvalue weighted by Crippen LogP contribution is -2.72. The predicted molar refractivity (Wildman–Crippen MR) is 169 cm³/mol. The molecule has 39 heavy (non-hydrogen) atoms. The van der Waals surface area contributed by atoms with Crippen molar-refractivity contribution in [3.63, 3.8) is 0 Å². The van der Waals surface area contributed by atoms with Gasteiger partial charge >= 0.3 is 0 Å². The Balaban J connectivity index is 1.53. The quantitative estimate of drug-likeness (QED) is 0.211. The maximum atomic E-state index is 6.67. The first-order valence-corrected chi connectivity index (χ1v) is 15.6. The van der Waals surface area contributed by atoms with Gasteiger partial charge in [-0.15, -0.1) is 0 Å². The zero-order valence-corrected chi connectivity index (χ0v) is 23.1. The molecule has 0 atom stereocenters. The van der Waals surface area contributed by atoms with Crippen LogP contribution in [0.1, 0.15) is 0 Å². The van der Waals surface area contributed by atoms with Crippen molar-refractivity contribution >= 4 is 57.5 Å². The molecule has 0 bridgehead atoms. The smallest absolute Gasteiger partial charge is 0.180 e. The molecule has 0 fully saturated rings. The van der Waals surface area contributed by atoms with Crippen LogP contribution in [0.2, 0.25) is 5.02 Å². The molecule has 0 aromatic heterocycles. The number of anilines is 3.